The molecule has 1 heterocycles. The summed E-state index contributed by atoms with van der Waals surface area (Å²) in [6.45, 7) is 0. The molecule has 116 valence electrons. The number of nitriles is 1. The number of rotatable bonds is 2. The van der Waals surface area contributed by atoms with Crippen molar-refractivity contribution in [3.63, 3.8) is 0 Å². The van der Waals surface area contributed by atoms with Crippen LogP contribution in [0.5, 0.6) is 0 Å². The lowest BCUT2D eigenvalue weighted by Gasteiger charge is -2.21. The molecule has 1 saturated carbocycles. The van der Waals surface area contributed by atoms with Crippen LogP contribution in [0.15, 0.2) is 0 Å². The number of carbonyl (C=O) groups is 1. The third-order valence-electron chi connectivity index (χ3n) is 4.47. The highest BCUT2D eigenvalue weighted by atomic mass is 32.1. The van der Waals surface area contributed by atoms with Crippen molar-refractivity contribution in [3.8, 4) is 6.07 Å². The Balaban J connectivity index is 1.62. The van der Waals surface area contributed by atoms with Crippen molar-refractivity contribution < 1.29 is 4.79 Å². The molecule has 6 heteroatoms. The van der Waals surface area contributed by atoms with Gasteiger partial charge >= 0.3 is 0 Å². The third-order valence-corrected chi connectivity index (χ3v) is 5.88. The summed E-state index contributed by atoms with van der Waals surface area (Å²) in [7, 11) is 0. The van der Waals surface area contributed by atoms with E-state index in [1.165, 1.54) is 11.3 Å². The zero-order chi connectivity index (χ0) is 15.5. The first-order valence-electron chi connectivity index (χ1n) is 7.85. The highest BCUT2D eigenvalue weighted by Crippen LogP contribution is 2.38. The van der Waals surface area contributed by atoms with Crippen molar-refractivity contribution in [3.05, 3.63) is 16.0 Å². The van der Waals surface area contributed by atoms with Crippen LogP contribution in [0.1, 0.15) is 54.5 Å². The fourth-order valence-corrected chi connectivity index (χ4v) is 4.84. The minimum Gasteiger partial charge on any atom is -0.323 e. The first kappa shape index (κ1) is 15.4. The molecule has 2 aliphatic carbocycles. The first-order chi connectivity index (χ1) is 10.7. The molecule has 2 N–H and O–H groups in total. The average molecular weight is 333 g/mol. The Kier molecular flexibility index (Phi) is 4.74. The number of nitrogens with zero attached hydrogens (tertiary/aromatic N) is 1. The Morgan fingerprint density at radius 1 is 1.23 bits per heavy atom. The zero-order valence-corrected chi connectivity index (χ0v) is 14.0. The summed E-state index contributed by atoms with van der Waals surface area (Å²) in [4.78, 5) is 13.5. The molecule has 0 radical (unpaired) electrons. The third kappa shape index (κ3) is 3.16. The summed E-state index contributed by atoms with van der Waals surface area (Å²) in [6, 6.07) is 2.27. The summed E-state index contributed by atoms with van der Waals surface area (Å²) in [6.07, 6.45) is 8.49. The molecule has 0 unspecified atom stereocenters. The van der Waals surface area contributed by atoms with Gasteiger partial charge in [-0.1, -0.05) is 19.3 Å². The van der Waals surface area contributed by atoms with Gasteiger partial charge in [-0.05, 0) is 49.9 Å². The number of aryl methyl sites for hydroxylation is 1. The maximum Gasteiger partial charge on any atom is 0.229 e. The van der Waals surface area contributed by atoms with E-state index in [1.807, 2.05) is 0 Å². The number of carbonyl (C=O) groups excluding carboxylic acids is 1. The van der Waals surface area contributed by atoms with Gasteiger partial charge in [-0.2, -0.15) is 5.26 Å². The summed E-state index contributed by atoms with van der Waals surface area (Å²) in [5.74, 6) is 0.0945. The zero-order valence-electron chi connectivity index (χ0n) is 12.4. The van der Waals surface area contributed by atoms with Crippen molar-refractivity contribution in [2.45, 2.75) is 51.4 Å². The smallest absolute Gasteiger partial charge is 0.229 e. The standard InChI is InChI=1S/C16H19N3OS2/c17-9-12-11-7-4-8-13(11)22-15(12)19-16(21)18-14(20)10-5-2-1-3-6-10/h10H,1-8H2,(H2,18,19,20,21). The van der Waals surface area contributed by atoms with E-state index in [2.05, 4.69) is 16.7 Å². The molecule has 0 spiro atoms. The molecule has 4 nitrogen and oxygen atoms in total. The molecule has 3 rings (SSSR count). The predicted octanol–water partition coefficient (Wildman–Crippen LogP) is 3.50. The van der Waals surface area contributed by atoms with Gasteiger partial charge in [-0.25, -0.2) is 0 Å². The molecular weight excluding hydrogens is 314 g/mol. The fraction of sp³-hybridized carbons (Fsp3) is 0.562. The molecular formula is C16H19N3OS2. The number of thiocarbonyl (C=S) groups is 1. The summed E-state index contributed by atoms with van der Waals surface area (Å²) in [5, 5.41) is 16.3. The molecule has 0 aliphatic heterocycles. The SMILES string of the molecule is N#Cc1c(NC(=S)NC(=O)C2CCCCC2)sc2c1CCC2. The molecule has 2 aliphatic rings. The molecule has 0 saturated heterocycles. The highest BCUT2D eigenvalue weighted by molar-refractivity contribution is 7.80. The predicted molar refractivity (Wildman–Crippen MR) is 92.0 cm³/mol. The molecule has 0 bridgehead atoms. The van der Waals surface area contributed by atoms with E-state index < -0.39 is 0 Å². The Morgan fingerprint density at radius 3 is 2.73 bits per heavy atom. The van der Waals surface area contributed by atoms with Crippen molar-refractivity contribution in [1.29, 1.82) is 5.26 Å². The molecule has 0 aromatic carbocycles. The number of anilines is 1. The second kappa shape index (κ2) is 6.76. The van der Waals surface area contributed by atoms with E-state index in [4.69, 9.17) is 12.2 Å². The second-order valence-corrected chi connectivity index (χ2v) is 7.47. The van der Waals surface area contributed by atoms with E-state index in [-0.39, 0.29) is 11.8 Å². The van der Waals surface area contributed by atoms with Gasteiger partial charge in [-0.15, -0.1) is 11.3 Å². The van der Waals surface area contributed by atoms with Gasteiger partial charge in [0.2, 0.25) is 5.91 Å². The van der Waals surface area contributed by atoms with Crippen LogP contribution >= 0.6 is 23.6 Å². The van der Waals surface area contributed by atoms with Crippen molar-refractivity contribution >= 4 is 39.6 Å². The van der Waals surface area contributed by atoms with Crippen LogP contribution in [0, 0.1) is 17.2 Å². The van der Waals surface area contributed by atoms with E-state index in [1.54, 1.807) is 11.3 Å². The fourth-order valence-electron chi connectivity index (χ4n) is 3.32. The van der Waals surface area contributed by atoms with Gasteiger partial charge in [0.1, 0.15) is 11.1 Å². The number of amides is 1. The van der Waals surface area contributed by atoms with Crippen LogP contribution in [0.4, 0.5) is 5.00 Å². The minimum absolute atomic E-state index is 0.0137. The van der Waals surface area contributed by atoms with E-state index in [9.17, 15) is 10.1 Å². The molecule has 1 fully saturated rings. The topological polar surface area (TPSA) is 64.9 Å². The largest absolute Gasteiger partial charge is 0.323 e. The van der Waals surface area contributed by atoms with Gasteiger partial charge in [0.05, 0.1) is 5.56 Å². The van der Waals surface area contributed by atoms with Crippen LogP contribution in [0.3, 0.4) is 0 Å². The molecule has 0 atom stereocenters. The first-order valence-corrected chi connectivity index (χ1v) is 9.08. The monoisotopic (exact) mass is 333 g/mol. The Morgan fingerprint density at radius 2 is 2.00 bits per heavy atom. The van der Waals surface area contributed by atoms with Crippen LogP contribution in [-0.4, -0.2) is 11.0 Å². The number of hydrogen-bond acceptors (Lipinski definition) is 4. The number of nitrogens with one attached hydrogen (secondary N) is 2. The van der Waals surface area contributed by atoms with Crippen LogP contribution in [-0.2, 0) is 17.6 Å². The van der Waals surface area contributed by atoms with E-state index in [0.29, 0.717) is 10.7 Å². The summed E-state index contributed by atoms with van der Waals surface area (Å²) < 4.78 is 0. The van der Waals surface area contributed by atoms with Gasteiger partial charge in [0.15, 0.2) is 5.11 Å². The molecule has 22 heavy (non-hydrogen) atoms. The lowest BCUT2D eigenvalue weighted by atomic mass is 9.89. The molecule has 1 aromatic heterocycles. The number of hydrogen-bond donors (Lipinski definition) is 2. The van der Waals surface area contributed by atoms with Gasteiger partial charge in [-0.3, -0.25) is 4.79 Å². The van der Waals surface area contributed by atoms with Crippen molar-refractivity contribution in [1.82, 2.24) is 5.32 Å². The Labute approximate surface area is 139 Å². The lowest BCUT2D eigenvalue weighted by Crippen LogP contribution is -2.38. The van der Waals surface area contributed by atoms with Gasteiger partial charge < -0.3 is 10.6 Å². The summed E-state index contributed by atoms with van der Waals surface area (Å²) >= 11 is 6.84. The van der Waals surface area contributed by atoms with Crippen LogP contribution in [0.25, 0.3) is 0 Å². The van der Waals surface area contributed by atoms with E-state index >= 15 is 0 Å². The van der Waals surface area contributed by atoms with E-state index in [0.717, 1.165) is 55.5 Å². The van der Waals surface area contributed by atoms with Crippen LogP contribution < -0.4 is 10.6 Å². The maximum atomic E-state index is 12.2. The normalized spacial score (nSPS) is 17.6. The van der Waals surface area contributed by atoms with Gasteiger partial charge in [0.25, 0.3) is 0 Å². The maximum absolute atomic E-state index is 12.2. The molecule has 1 aromatic rings. The van der Waals surface area contributed by atoms with Crippen molar-refractivity contribution in [2.75, 3.05) is 5.32 Å². The Bertz CT molecular complexity index is 639. The number of thiophene rings is 1. The highest BCUT2D eigenvalue weighted by Gasteiger charge is 2.24. The minimum atomic E-state index is 0.0137. The Hall–Kier alpha value is -1.45. The van der Waals surface area contributed by atoms with Crippen LogP contribution in [0.2, 0.25) is 0 Å². The lowest BCUT2D eigenvalue weighted by molar-refractivity contribution is -0.124. The molecule has 1 amide bonds. The second-order valence-electron chi connectivity index (χ2n) is 5.95. The summed E-state index contributed by atoms with van der Waals surface area (Å²) in [5.41, 5.74) is 1.86. The number of fused-ring (bicyclic) bond motifs is 1. The quantitative estimate of drug-likeness (QED) is 0.813. The van der Waals surface area contributed by atoms with Gasteiger partial charge in [0, 0.05) is 10.8 Å². The van der Waals surface area contributed by atoms with Crippen molar-refractivity contribution in [2.24, 2.45) is 5.92 Å². The average Bonchev–Trinajstić information content (AvgIpc) is 3.08.